The van der Waals surface area contributed by atoms with E-state index in [9.17, 15) is 4.79 Å². The van der Waals surface area contributed by atoms with E-state index >= 15 is 0 Å². The Morgan fingerprint density at radius 2 is 1.71 bits per heavy atom. The molecule has 31 heavy (non-hydrogen) atoms. The second-order valence-corrected chi connectivity index (χ2v) is 7.53. The van der Waals surface area contributed by atoms with Gasteiger partial charge in [0.05, 0.1) is 42.9 Å². The van der Waals surface area contributed by atoms with Crippen LogP contribution in [0.25, 0.3) is 22.3 Å². The second-order valence-electron chi connectivity index (χ2n) is 7.53. The van der Waals surface area contributed by atoms with E-state index in [0.29, 0.717) is 13.2 Å². The standard InChI is InChI=1S/C23H26N4O3.ClH/c1-15-6-7-21(22(10-15)29-5)30-9-8-27-14-24-13-20(27)17-12-19-18(11-16(17)2)25(3)23(28)26(19)4;/h6-7,10-14H,8-9H2,1-5H3;1H. The molecule has 0 saturated heterocycles. The first-order valence-electron chi connectivity index (χ1n) is 9.84. The van der Waals surface area contributed by atoms with Crippen molar-refractivity contribution in [2.75, 3.05) is 13.7 Å². The van der Waals surface area contributed by atoms with Crippen LogP contribution >= 0.6 is 12.4 Å². The molecule has 0 saturated carbocycles. The lowest BCUT2D eigenvalue weighted by Gasteiger charge is -2.14. The van der Waals surface area contributed by atoms with Crippen LogP contribution in [-0.2, 0) is 20.6 Å². The van der Waals surface area contributed by atoms with Crippen molar-refractivity contribution in [1.82, 2.24) is 18.7 Å². The van der Waals surface area contributed by atoms with Crippen molar-refractivity contribution in [2.45, 2.75) is 20.4 Å². The van der Waals surface area contributed by atoms with Crippen molar-refractivity contribution in [3.8, 4) is 22.8 Å². The number of rotatable bonds is 6. The number of nitrogens with zero attached hydrogens (tertiary/aromatic N) is 4. The summed E-state index contributed by atoms with van der Waals surface area (Å²) in [5.41, 5.74) is 6.04. The number of hydrogen-bond acceptors (Lipinski definition) is 4. The number of hydrogen-bond donors (Lipinski definition) is 0. The fourth-order valence-electron chi connectivity index (χ4n) is 3.80. The minimum Gasteiger partial charge on any atom is -0.493 e. The third kappa shape index (κ3) is 4.05. The van der Waals surface area contributed by atoms with Gasteiger partial charge < -0.3 is 14.0 Å². The lowest BCUT2D eigenvalue weighted by molar-refractivity contribution is 0.280. The topological polar surface area (TPSA) is 63.2 Å². The van der Waals surface area contributed by atoms with Crippen LogP contribution < -0.4 is 15.2 Å². The number of halogens is 1. The van der Waals surface area contributed by atoms with Crippen LogP contribution in [0.15, 0.2) is 47.7 Å². The molecule has 0 spiro atoms. The van der Waals surface area contributed by atoms with Gasteiger partial charge in [0.1, 0.15) is 6.61 Å². The Morgan fingerprint density at radius 3 is 2.42 bits per heavy atom. The number of aryl methyl sites for hydroxylation is 4. The Bertz CT molecular complexity index is 1290. The number of ether oxygens (including phenoxy) is 2. The average molecular weight is 443 g/mol. The second kappa shape index (κ2) is 8.89. The first-order chi connectivity index (χ1) is 14.4. The predicted molar refractivity (Wildman–Crippen MR) is 125 cm³/mol. The van der Waals surface area contributed by atoms with Gasteiger partial charge in [-0.15, -0.1) is 12.4 Å². The van der Waals surface area contributed by atoms with Gasteiger partial charge in [0.15, 0.2) is 11.5 Å². The number of methoxy groups -OCH3 is 1. The zero-order chi connectivity index (χ0) is 21.4. The van der Waals surface area contributed by atoms with Crippen LogP contribution in [0.2, 0.25) is 0 Å². The molecule has 0 amide bonds. The third-order valence-electron chi connectivity index (χ3n) is 5.52. The first-order valence-corrected chi connectivity index (χ1v) is 9.84. The van der Waals surface area contributed by atoms with Gasteiger partial charge in [0.2, 0.25) is 0 Å². The zero-order valence-electron chi connectivity index (χ0n) is 18.4. The van der Waals surface area contributed by atoms with Crippen LogP contribution in [-0.4, -0.2) is 32.4 Å². The molecule has 0 aliphatic carbocycles. The van der Waals surface area contributed by atoms with Gasteiger partial charge in [0.25, 0.3) is 0 Å². The van der Waals surface area contributed by atoms with E-state index < -0.39 is 0 Å². The van der Waals surface area contributed by atoms with Gasteiger partial charge in [0, 0.05) is 19.7 Å². The summed E-state index contributed by atoms with van der Waals surface area (Å²) < 4.78 is 16.8. The van der Waals surface area contributed by atoms with Crippen molar-refractivity contribution in [2.24, 2.45) is 14.1 Å². The van der Waals surface area contributed by atoms with Crippen LogP contribution in [0.4, 0.5) is 0 Å². The summed E-state index contributed by atoms with van der Waals surface area (Å²) in [7, 11) is 5.24. The maximum atomic E-state index is 12.3. The Hall–Kier alpha value is -3.19. The van der Waals surface area contributed by atoms with Crippen molar-refractivity contribution in [3.63, 3.8) is 0 Å². The molecule has 7 nitrogen and oxygen atoms in total. The summed E-state index contributed by atoms with van der Waals surface area (Å²) in [6.07, 6.45) is 3.65. The van der Waals surface area contributed by atoms with Crippen LogP contribution in [0.3, 0.4) is 0 Å². The summed E-state index contributed by atoms with van der Waals surface area (Å²) in [6.45, 7) is 5.19. The number of aromatic nitrogens is 4. The quantitative estimate of drug-likeness (QED) is 0.454. The summed E-state index contributed by atoms with van der Waals surface area (Å²) in [5, 5.41) is 0. The summed E-state index contributed by atoms with van der Waals surface area (Å²) in [5.74, 6) is 1.45. The van der Waals surface area contributed by atoms with Gasteiger partial charge in [-0.2, -0.15) is 0 Å². The molecule has 0 radical (unpaired) electrons. The molecule has 0 unspecified atom stereocenters. The van der Waals surface area contributed by atoms with Gasteiger partial charge >= 0.3 is 5.69 Å². The summed E-state index contributed by atoms with van der Waals surface area (Å²) >= 11 is 0. The number of fused-ring (bicyclic) bond motifs is 1. The summed E-state index contributed by atoms with van der Waals surface area (Å²) in [4.78, 5) is 16.6. The Balaban J connectivity index is 0.00000272. The van der Waals surface area contributed by atoms with Crippen molar-refractivity contribution < 1.29 is 9.47 Å². The molecular formula is C23H27ClN4O3. The van der Waals surface area contributed by atoms with E-state index in [4.69, 9.17) is 9.47 Å². The van der Waals surface area contributed by atoms with Crippen LogP contribution in [0.5, 0.6) is 11.5 Å². The fraction of sp³-hybridized carbons (Fsp3) is 0.304. The van der Waals surface area contributed by atoms with E-state index in [1.54, 1.807) is 36.7 Å². The lowest BCUT2D eigenvalue weighted by atomic mass is 10.0. The van der Waals surface area contributed by atoms with Crippen LogP contribution in [0, 0.1) is 13.8 Å². The minimum atomic E-state index is -0.0319. The van der Waals surface area contributed by atoms with E-state index in [1.807, 2.05) is 31.3 Å². The van der Waals surface area contributed by atoms with E-state index in [-0.39, 0.29) is 18.1 Å². The molecule has 4 rings (SSSR count). The van der Waals surface area contributed by atoms with Gasteiger partial charge in [-0.25, -0.2) is 9.78 Å². The molecular weight excluding hydrogens is 416 g/mol. The Morgan fingerprint density at radius 1 is 1.00 bits per heavy atom. The van der Waals surface area contributed by atoms with E-state index in [0.717, 1.165) is 44.9 Å². The smallest absolute Gasteiger partial charge is 0.328 e. The largest absolute Gasteiger partial charge is 0.493 e. The SMILES string of the molecule is COc1cc(C)ccc1OCCn1cncc1-c1cc2c(cc1C)n(C)c(=O)n2C.Cl. The van der Waals surface area contributed by atoms with Gasteiger partial charge in [-0.05, 0) is 49.2 Å². The number of benzene rings is 2. The Kier molecular flexibility index (Phi) is 6.45. The number of imidazole rings is 2. The molecule has 2 aromatic carbocycles. The molecule has 0 fully saturated rings. The van der Waals surface area contributed by atoms with E-state index in [1.165, 1.54) is 0 Å². The Labute approximate surface area is 187 Å². The highest BCUT2D eigenvalue weighted by atomic mass is 35.5. The molecule has 2 heterocycles. The average Bonchev–Trinajstić information content (AvgIpc) is 3.28. The predicted octanol–water partition coefficient (Wildman–Crippen LogP) is 3.87. The summed E-state index contributed by atoms with van der Waals surface area (Å²) in [6, 6.07) is 10.0. The zero-order valence-corrected chi connectivity index (χ0v) is 19.2. The minimum absolute atomic E-state index is 0. The monoisotopic (exact) mass is 442 g/mol. The van der Waals surface area contributed by atoms with Crippen LogP contribution in [0.1, 0.15) is 11.1 Å². The molecule has 2 aromatic heterocycles. The fourth-order valence-corrected chi connectivity index (χ4v) is 3.80. The maximum Gasteiger partial charge on any atom is 0.328 e. The van der Waals surface area contributed by atoms with Crippen molar-refractivity contribution in [1.29, 1.82) is 0 Å². The highest BCUT2D eigenvalue weighted by molar-refractivity contribution is 5.85. The molecule has 0 aliphatic rings. The highest BCUT2D eigenvalue weighted by Gasteiger charge is 2.14. The molecule has 4 aromatic rings. The van der Waals surface area contributed by atoms with E-state index in [2.05, 4.69) is 28.6 Å². The maximum absolute atomic E-state index is 12.3. The molecule has 0 bridgehead atoms. The van der Waals surface area contributed by atoms with Crippen molar-refractivity contribution in [3.05, 3.63) is 64.5 Å². The third-order valence-corrected chi connectivity index (χ3v) is 5.52. The first kappa shape index (κ1) is 22.5. The van der Waals surface area contributed by atoms with Gasteiger partial charge in [-0.1, -0.05) is 6.07 Å². The lowest BCUT2D eigenvalue weighted by Crippen LogP contribution is -2.19. The molecule has 8 heteroatoms. The van der Waals surface area contributed by atoms with Gasteiger partial charge in [-0.3, -0.25) is 9.13 Å². The normalized spacial score (nSPS) is 10.9. The highest BCUT2D eigenvalue weighted by Crippen LogP contribution is 2.29. The molecule has 164 valence electrons. The van der Waals surface area contributed by atoms with Crippen molar-refractivity contribution >= 4 is 23.4 Å². The molecule has 0 atom stereocenters. The molecule has 0 N–H and O–H groups in total. The molecule has 0 aliphatic heterocycles.